The zero-order valence-electron chi connectivity index (χ0n) is 17.6. The highest BCUT2D eigenvalue weighted by Gasteiger charge is 2.52. The average Bonchev–Trinajstić information content (AvgIpc) is 2.78. The van der Waals surface area contributed by atoms with Crippen LogP contribution in [0, 0.1) is 21.6 Å². The first kappa shape index (κ1) is 23.0. The lowest BCUT2D eigenvalue weighted by Crippen LogP contribution is -2.59. The Morgan fingerprint density at radius 2 is 2.00 bits per heavy atom. The van der Waals surface area contributed by atoms with Crippen molar-refractivity contribution < 1.29 is 29.0 Å². The fourth-order valence-corrected chi connectivity index (χ4v) is 3.50. The van der Waals surface area contributed by atoms with Gasteiger partial charge in [0.15, 0.2) is 18.1 Å². The number of rotatable bonds is 6. The van der Waals surface area contributed by atoms with Gasteiger partial charge in [0.25, 0.3) is 5.69 Å². The first-order valence-corrected chi connectivity index (χ1v) is 9.50. The Morgan fingerprint density at radius 3 is 2.59 bits per heavy atom. The molecule has 0 aromatic heterocycles. The molecule has 32 heavy (non-hydrogen) atoms. The fraction of sp³-hybridized carbons (Fsp3) is 0.333. The molecule has 2 aromatic rings. The number of nitro benzene ring substituents is 1. The van der Waals surface area contributed by atoms with Crippen LogP contribution in [0.2, 0.25) is 0 Å². The van der Waals surface area contributed by atoms with E-state index < -0.39 is 29.0 Å². The zero-order valence-corrected chi connectivity index (χ0v) is 17.6. The number of aliphatic hydroxyl groups excluding tert-OH is 1. The van der Waals surface area contributed by atoms with E-state index in [9.17, 15) is 15.2 Å². The first-order valence-electron chi connectivity index (χ1n) is 9.50. The molecule has 0 saturated carbocycles. The van der Waals surface area contributed by atoms with Gasteiger partial charge in [-0.3, -0.25) is 10.1 Å². The Labute approximate surface area is 184 Å². The summed E-state index contributed by atoms with van der Waals surface area (Å²) in [4.78, 5) is 15.1. The van der Waals surface area contributed by atoms with Crippen LogP contribution >= 0.6 is 0 Å². The average molecular weight is 442 g/mol. The van der Waals surface area contributed by atoms with Gasteiger partial charge in [0, 0.05) is 31.9 Å². The van der Waals surface area contributed by atoms with E-state index in [4.69, 9.17) is 24.2 Å². The number of nitro groups is 1. The molecular formula is C21H22N4O7. The number of nitrogens with one attached hydrogen (secondary N) is 1. The lowest BCUT2D eigenvalue weighted by atomic mass is 9.84. The summed E-state index contributed by atoms with van der Waals surface area (Å²) in [6, 6.07) is 11.2. The number of amidine groups is 1. The molecule has 11 heteroatoms. The smallest absolute Gasteiger partial charge is 0.304 e. The van der Waals surface area contributed by atoms with Gasteiger partial charge in [-0.25, -0.2) is 10.3 Å². The van der Waals surface area contributed by atoms with Crippen LogP contribution in [-0.2, 0) is 9.47 Å². The molecule has 3 atom stereocenters. The monoisotopic (exact) mass is 442 g/mol. The van der Waals surface area contributed by atoms with E-state index >= 15 is 0 Å². The number of aliphatic hydroxyl groups is 1. The van der Waals surface area contributed by atoms with Crippen molar-refractivity contribution in [2.24, 2.45) is 4.99 Å². The maximum atomic E-state index is 11.3. The SMILES string of the molecule is COC(OC)[C@@]1(C)Oc2ccc([N+](=O)[O-])cc2[C@@H](N=C(NC#N)Oc2ccccc2)[C@@H]1O. The highest BCUT2D eigenvalue weighted by atomic mass is 16.7. The molecule has 0 amide bonds. The molecule has 3 rings (SSSR count). The summed E-state index contributed by atoms with van der Waals surface area (Å²) in [5.74, 6) is 0.636. The van der Waals surface area contributed by atoms with Crippen LogP contribution in [0.1, 0.15) is 18.5 Å². The first-order chi connectivity index (χ1) is 15.3. The highest BCUT2D eigenvalue weighted by molar-refractivity contribution is 5.78. The topological polar surface area (TPSA) is 148 Å². The Balaban J connectivity index is 2.13. The van der Waals surface area contributed by atoms with Gasteiger partial charge in [0.2, 0.25) is 0 Å². The maximum Gasteiger partial charge on any atom is 0.304 e. The number of ether oxygens (including phenoxy) is 4. The Bertz CT molecular complexity index is 1040. The molecule has 1 heterocycles. The highest BCUT2D eigenvalue weighted by Crippen LogP contribution is 2.45. The predicted octanol–water partition coefficient (Wildman–Crippen LogP) is 2.27. The third kappa shape index (κ3) is 4.47. The normalized spacial score (nSPS) is 22.4. The molecular weight excluding hydrogens is 420 g/mol. The number of nitrogens with zero attached hydrogens (tertiary/aromatic N) is 3. The Hall–Kier alpha value is -3.72. The minimum atomic E-state index is -1.44. The molecule has 2 N–H and O–H groups in total. The summed E-state index contributed by atoms with van der Waals surface area (Å²) in [6.07, 6.45) is -0.655. The number of benzene rings is 2. The van der Waals surface area contributed by atoms with Gasteiger partial charge < -0.3 is 24.1 Å². The lowest BCUT2D eigenvalue weighted by molar-refractivity contribution is -0.385. The van der Waals surface area contributed by atoms with Crippen molar-refractivity contribution in [1.82, 2.24) is 5.32 Å². The van der Waals surface area contributed by atoms with Crippen molar-refractivity contribution >= 4 is 11.7 Å². The maximum absolute atomic E-state index is 11.3. The van der Waals surface area contributed by atoms with Crippen molar-refractivity contribution in [3.8, 4) is 17.7 Å². The molecule has 11 nitrogen and oxygen atoms in total. The Morgan fingerprint density at radius 1 is 1.31 bits per heavy atom. The second-order valence-corrected chi connectivity index (χ2v) is 7.04. The molecule has 0 fully saturated rings. The molecule has 1 aliphatic rings. The van der Waals surface area contributed by atoms with Crippen LogP contribution in [0.15, 0.2) is 53.5 Å². The second kappa shape index (κ2) is 9.61. The van der Waals surface area contributed by atoms with E-state index in [2.05, 4.69) is 10.3 Å². The van der Waals surface area contributed by atoms with Crippen molar-refractivity contribution in [3.63, 3.8) is 0 Å². The van der Waals surface area contributed by atoms with Crippen molar-refractivity contribution in [2.75, 3.05) is 14.2 Å². The summed E-state index contributed by atoms with van der Waals surface area (Å²) in [7, 11) is 2.78. The minimum Gasteiger partial charge on any atom is -0.479 e. The van der Waals surface area contributed by atoms with Crippen LogP contribution in [-0.4, -0.2) is 48.3 Å². The molecule has 0 unspecified atom stereocenters. The van der Waals surface area contributed by atoms with Gasteiger partial charge in [-0.05, 0) is 25.1 Å². The third-order valence-electron chi connectivity index (χ3n) is 5.01. The number of fused-ring (bicyclic) bond motifs is 1. The standard InChI is InChI=1S/C21H22N4O7/c1-21(19(29-2)30-3)18(26)17(15-11-13(25(27)28)9-10-16(15)32-21)24-20(23-12-22)31-14-7-5-4-6-8-14/h4-11,17-19,26H,1-3H3,(H,23,24)/t17-,18+,21+/m1/s1. The largest absolute Gasteiger partial charge is 0.479 e. The second-order valence-electron chi connectivity index (χ2n) is 7.04. The molecule has 1 aliphatic heterocycles. The van der Waals surface area contributed by atoms with E-state index in [-0.39, 0.29) is 23.0 Å². The van der Waals surface area contributed by atoms with Crippen molar-refractivity contribution in [2.45, 2.75) is 31.0 Å². The fourth-order valence-electron chi connectivity index (χ4n) is 3.50. The Kier molecular flexibility index (Phi) is 6.89. The number of aliphatic imine (C=N–C) groups is 1. The summed E-state index contributed by atoms with van der Waals surface area (Å²) in [6.45, 7) is 1.57. The molecule has 168 valence electrons. The number of nitriles is 1. The number of para-hydroxylation sites is 1. The van der Waals surface area contributed by atoms with E-state index in [0.29, 0.717) is 5.75 Å². The molecule has 0 aliphatic carbocycles. The van der Waals surface area contributed by atoms with E-state index in [1.165, 1.54) is 32.4 Å². The van der Waals surface area contributed by atoms with Gasteiger partial charge in [0.05, 0.1) is 4.92 Å². The van der Waals surface area contributed by atoms with Gasteiger partial charge in [-0.2, -0.15) is 5.26 Å². The molecule has 2 aromatic carbocycles. The molecule has 0 radical (unpaired) electrons. The number of hydrogen-bond donors (Lipinski definition) is 2. The van der Waals surface area contributed by atoms with Crippen LogP contribution in [0.25, 0.3) is 0 Å². The number of non-ortho nitro benzene ring substituents is 1. The summed E-state index contributed by atoms with van der Waals surface area (Å²) in [5.41, 5.74) is -1.41. The zero-order chi connectivity index (χ0) is 23.3. The van der Waals surface area contributed by atoms with Crippen molar-refractivity contribution in [1.29, 1.82) is 5.26 Å². The van der Waals surface area contributed by atoms with E-state index in [1.54, 1.807) is 43.4 Å². The van der Waals surface area contributed by atoms with Gasteiger partial charge in [-0.1, -0.05) is 18.2 Å². The van der Waals surface area contributed by atoms with Crippen LogP contribution < -0.4 is 14.8 Å². The van der Waals surface area contributed by atoms with Gasteiger partial charge in [-0.15, -0.1) is 0 Å². The quantitative estimate of drug-likeness (QED) is 0.131. The third-order valence-corrected chi connectivity index (χ3v) is 5.01. The van der Waals surface area contributed by atoms with Crippen molar-refractivity contribution in [3.05, 3.63) is 64.2 Å². The molecule has 0 saturated heterocycles. The molecule has 0 bridgehead atoms. The molecule has 0 spiro atoms. The predicted molar refractivity (Wildman–Crippen MR) is 112 cm³/mol. The number of methoxy groups -OCH3 is 2. The number of hydrogen-bond acceptors (Lipinski definition) is 9. The van der Waals surface area contributed by atoms with Crippen LogP contribution in [0.3, 0.4) is 0 Å². The minimum absolute atomic E-state index is 0.211. The van der Waals surface area contributed by atoms with Crippen LogP contribution in [0.4, 0.5) is 5.69 Å². The van der Waals surface area contributed by atoms with Gasteiger partial charge in [0.1, 0.15) is 23.6 Å². The summed E-state index contributed by atoms with van der Waals surface area (Å²) >= 11 is 0. The van der Waals surface area contributed by atoms with Gasteiger partial charge >= 0.3 is 6.02 Å². The van der Waals surface area contributed by atoms with E-state index in [0.717, 1.165) is 0 Å². The van der Waals surface area contributed by atoms with Crippen LogP contribution in [0.5, 0.6) is 11.5 Å². The summed E-state index contributed by atoms with van der Waals surface area (Å²) in [5, 5.41) is 34.1. The lowest BCUT2D eigenvalue weighted by Gasteiger charge is -2.45. The van der Waals surface area contributed by atoms with E-state index in [1.807, 2.05) is 0 Å². The summed E-state index contributed by atoms with van der Waals surface area (Å²) < 4.78 is 22.3.